The summed E-state index contributed by atoms with van der Waals surface area (Å²) in [7, 11) is 3.66. The van der Waals surface area contributed by atoms with Gasteiger partial charge in [0.1, 0.15) is 5.75 Å². The molecule has 1 aromatic heterocycles. The molecule has 1 aromatic carbocycles. The highest BCUT2D eigenvalue weighted by Crippen LogP contribution is 2.24. The predicted molar refractivity (Wildman–Crippen MR) is 112 cm³/mol. The second kappa shape index (κ2) is 9.26. The van der Waals surface area contributed by atoms with E-state index >= 15 is 0 Å². The van der Waals surface area contributed by atoms with E-state index in [1.807, 2.05) is 30.8 Å². The van der Waals surface area contributed by atoms with Crippen molar-refractivity contribution < 1.29 is 9.53 Å². The van der Waals surface area contributed by atoms with Crippen LogP contribution in [0.5, 0.6) is 5.75 Å². The Bertz CT molecular complexity index is 787. The van der Waals surface area contributed by atoms with Gasteiger partial charge in [0.25, 0.3) is 0 Å². The zero-order chi connectivity index (χ0) is 20.1. The molecule has 1 aliphatic heterocycles. The molecule has 0 bridgehead atoms. The first kappa shape index (κ1) is 20.4. The van der Waals surface area contributed by atoms with Crippen LogP contribution in [-0.4, -0.2) is 40.8 Å². The Morgan fingerprint density at radius 3 is 2.39 bits per heavy atom. The number of piperidine rings is 1. The minimum absolute atomic E-state index is 0.288. The lowest BCUT2D eigenvalue weighted by Gasteiger charge is -2.32. The van der Waals surface area contributed by atoms with Crippen LogP contribution in [0.15, 0.2) is 24.3 Å². The first-order chi connectivity index (χ1) is 13.5. The van der Waals surface area contributed by atoms with E-state index in [-0.39, 0.29) is 5.91 Å². The van der Waals surface area contributed by atoms with Gasteiger partial charge in [0, 0.05) is 32.3 Å². The third-order valence-corrected chi connectivity index (χ3v) is 6.22. The fourth-order valence-corrected chi connectivity index (χ4v) is 4.20. The lowest BCUT2D eigenvalue weighted by Crippen LogP contribution is -2.38. The summed E-state index contributed by atoms with van der Waals surface area (Å²) in [5.41, 5.74) is 4.80. The topological polar surface area (TPSA) is 47.4 Å². The van der Waals surface area contributed by atoms with Crippen LogP contribution in [0.2, 0.25) is 0 Å². The van der Waals surface area contributed by atoms with Crippen LogP contribution in [0.4, 0.5) is 0 Å². The first-order valence-corrected chi connectivity index (χ1v) is 10.4. The Balaban J connectivity index is 1.41. The number of hydrogen-bond donors (Lipinski definition) is 0. The minimum atomic E-state index is 0.288. The average Bonchev–Trinajstić information content (AvgIpc) is 2.96. The largest absolute Gasteiger partial charge is 0.497 e. The molecule has 2 aromatic rings. The van der Waals surface area contributed by atoms with E-state index in [0.717, 1.165) is 50.2 Å². The maximum Gasteiger partial charge on any atom is 0.222 e. The molecule has 5 heteroatoms. The number of carbonyl (C=O) groups is 1. The van der Waals surface area contributed by atoms with Crippen molar-refractivity contribution in [1.82, 2.24) is 14.7 Å². The normalized spacial score (nSPS) is 15.1. The van der Waals surface area contributed by atoms with E-state index in [4.69, 9.17) is 4.74 Å². The maximum atomic E-state index is 12.6. The first-order valence-electron chi connectivity index (χ1n) is 10.4. The number of aryl methyl sites for hydroxylation is 3. The number of amides is 1. The van der Waals surface area contributed by atoms with E-state index in [2.05, 4.69) is 29.1 Å². The molecule has 0 saturated carbocycles. The number of ether oxygens (including phenoxy) is 1. The van der Waals surface area contributed by atoms with E-state index in [9.17, 15) is 4.79 Å². The van der Waals surface area contributed by atoms with Crippen molar-refractivity contribution in [3.8, 4) is 5.75 Å². The quantitative estimate of drug-likeness (QED) is 0.730. The van der Waals surface area contributed by atoms with Gasteiger partial charge in [0.15, 0.2) is 0 Å². The minimum Gasteiger partial charge on any atom is -0.497 e. The van der Waals surface area contributed by atoms with E-state index in [1.54, 1.807) is 7.11 Å². The molecule has 0 spiro atoms. The van der Waals surface area contributed by atoms with Crippen LogP contribution < -0.4 is 4.74 Å². The zero-order valence-electron chi connectivity index (χ0n) is 17.7. The van der Waals surface area contributed by atoms with Crippen LogP contribution >= 0.6 is 0 Å². The number of hydrogen-bond acceptors (Lipinski definition) is 3. The van der Waals surface area contributed by atoms with Gasteiger partial charge in [-0.25, -0.2) is 0 Å². The Morgan fingerprint density at radius 2 is 1.82 bits per heavy atom. The van der Waals surface area contributed by atoms with Gasteiger partial charge in [-0.3, -0.25) is 9.48 Å². The Labute approximate surface area is 168 Å². The van der Waals surface area contributed by atoms with Crippen LogP contribution in [-0.2, 0) is 24.7 Å². The molecule has 2 heterocycles. The Morgan fingerprint density at radius 1 is 1.14 bits per heavy atom. The molecule has 0 aliphatic carbocycles. The van der Waals surface area contributed by atoms with Crippen molar-refractivity contribution in [1.29, 1.82) is 0 Å². The average molecular weight is 384 g/mol. The molecule has 1 aliphatic rings. The van der Waals surface area contributed by atoms with E-state index in [1.165, 1.54) is 23.2 Å². The predicted octanol–water partition coefficient (Wildman–Crippen LogP) is 3.85. The molecule has 0 atom stereocenters. The zero-order valence-corrected chi connectivity index (χ0v) is 17.7. The molecule has 152 valence electrons. The summed E-state index contributed by atoms with van der Waals surface area (Å²) in [5.74, 6) is 1.91. The van der Waals surface area contributed by atoms with Crippen LogP contribution in [0, 0.1) is 19.8 Å². The SMILES string of the molecule is COc1ccc(CCC2CCN(C(=O)CCc3c(C)nn(C)c3C)CC2)cc1. The number of benzene rings is 1. The van der Waals surface area contributed by atoms with Crippen molar-refractivity contribution in [2.75, 3.05) is 20.2 Å². The lowest BCUT2D eigenvalue weighted by atomic mass is 9.90. The van der Waals surface area contributed by atoms with Crippen molar-refractivity contribution >= 4 is 5.91 Å². The number of carbonyl (C=O) groups excluding carboxylic acids is 1. The van der Waals surface area contributed by atoms with Crippen molar-refractivity contribution in [3.63, 3.8) is 0 Å². The summed E-state index contributed by atoms with van der Waals surface area (Å²) in [6, 6.07) is 8.37. The van der Waals surface area contributed by atoms with Gasteiger partial charge in [-0.1, -0.05) is 12.1 Å². The lowest BCUT2D eigenvalue weighted by molar-refractivity contribution is -0.132. The van der Waals surface area contributed by atoms with Crippen LogP contribution in [0.3, 0.4) is 0 Å². The molecule has 1 saturated heterocycles. The molecule has 5 nitrogen and oxygen atoms in total. The summed E-state index contributed by atoms with van der Waals surface area (Å²) in [4.78, 5) is 14.7. The number of nitrogens with zero attached hydrogens (tertiary/aromatic N) is 3. The number of methoxy groups -OCH3 is 1. The summed E-state index contributed by atoms with van der Waals surface area (Å²) in [5, 5.41) is 4.45. The van der Waals surface area contributed by atoms with Gasteiger partial charge in [-0.2, -0.15) is 5.10 Å². The standard InChI is InChI=1S/C23H33N3O2/c1-17-22(18(2)25(3)24-17)11-12-23(27)26-15-13-20(14-16-26)6-5-19-7-9-21(28-4)10-8-19/h7-10,20H,5-6,11-16H2,1-4H3. The Hall–Kier alpha value is -2.30. The molecule has 1 amide bonds. The highest BCUT2D eigenvalue weighted by Gasteiger charge is 2.23. The maximum absolute atomic E-state index is 12.6. The number of rotatable bonds is 7. The van der Waals surface area contributed by atoms with Gasteiger partial charge in [0.05, 0.1) is 12.8 Å². The fourth-order valence-electron chi connectivity index (χ4n) is 4.20. The summed E-state index contributed by atoms with van der Waals surface area (Å²) < 4.78 is 7.12. The second-order valence-electron chi connectivity index (χ2n) is 7.98. The smallest absolute Gasteiger partial charge is 0.222 e. The molecule has 28 heavy (non-hydrogen) atoms. The molecular formula is C23H33N3O2. The molecule has 0 radical (unpaired) electrons. The van der Waals surface area contributed by atoms with Crippen LogP contribution in [0.1, 0.15) is 48.2 Å². The summed E-state index contributed by atoms with van der Waals surface area (Å²) >= 11 is 0. The monoisotopic (exact) mass is 383 g/mol. The van der Waals surface area contributed by atoms with Crippen molar-refractivity contribution in [2.24, 2.45) is 13.0 Å². The Kier molecular flexibility index (Phi) is 6.76. The van der Waals surface area contributed by atoms with E-state index in [0.29, 0.717) is 12.3 Å². The third kappa shape index (κ3) is 4.94. The van der Waals surface area contributed by atoms with Crippen molar-refractivity contribution in [3.05, 3.63) is 46.8 Å². The highest BCUT2D eigenvalue weighted by atomic mass is 16.5. The summed E-state index contributed by atoms with van der Waals surface area (Å²) in [6.45, 7) is 5.91. The molecular weight excluding hydrogens is 350 g/mol. The molecule has 1 fully saturated rings. The molecule has 3 rings (SSSR count). The number of aromatic nitrogens is 2. The third-order valence-electron chi connectivity index (χ3n) is 6.22. The molecule has 0 unspecified atom stereocenters. The van der Waals surface area contributed by atoms with Crippen LogP contribution in [0.25, 0.3) is 0 Å². The van der Waals surface area contributed by atoms with Gasteiger partial charge >= 0.3 is 0 Å². The summed E-state index contributed by atoms with van der Waals surface area (Å²) in [6.07, 6.45) is 5.91. The van der Waals surface area contributed by atoms with Gasteiger partial charge in [-0.15, -0.1) is 0 Å². The molecule has 0 N–H and O–H groups in total. The van der Waals surface area contributed by atoms with Gasteiger partial charge in [0.2, 0.25) is 5.91 Å². The highest BCUT2D eigenvalue weighted by molar-refractivity contribution is 5.76. The second-order valence-corrected chi connectivity index (χ2v) is 7.98. The van der Waals surface area contributed by atoms with Crippen molar-refractivity contribution in [2.45, 2.75) is 52.4 Å². The van der Waals surface area contributed by atoms with Gasteiger partial charge < -0.3 is 9.64 Å². The fraction of sp³-hybridized carbons (Fsp3) is 0.565. The number of likely N-dealkylation sites (tertiary alicyclic amines) is 1. The van der Waals surface area contributed by atoms with E-state index < -0.39 is 0 Å². The van der Waals surface area contributed by atoms with Gasteiger partial charge in [-0.05, 0) is 75.1 Å².